The molecule has 0 heterocycles. The molecule has 0 amide bonds. The first-order chi connectivity index (χ1) is 30.4. The topological polar surface area (TPSA) is 3.24 Å². The van der Waals surface area contributed by atoms with E-state index in [0.29, 0.717) is 11.4 Å². The van der Waals surface area contributed by atoms with Crippen molar-refractivity contribution in [1.82, 2.24) is 0 Å². The molecule has 0 saturated carbocycles. The molecule has 9 aromatic carbocycles. The van der Waals surface area contributed by atoms with Crippen LogP contribution in [0.2, 0.25) is 0 Å². The lowest BCUT2D eigenvalue weighted by Gasteiger charge is -2.36. The summed E-state index contributed by atoms with van der Waals surface area (Å²) in [6, 6.07) is 70.4. The minimum atomic E-state index is -0.717. The van der Waals surface area contributed by atoms with E-state index in [9.17, 15) is 2.74 Å². The van der Waals surface area contributed by atoms with Crippen molar-refractivity contribution in [2.45, 2.75) is 10.8 Å². The smallest absolute Gasteiger partial charge is 0.0714 e. The molecule has 57 heavy (non-hydrogen) atoms. The van der Waals surface area contributed by atoms with Crippen LogP contribution in [0.1, 0.15) is 51.4 Å². The first-order valence-electron chi connectivity index (χ1n) is 21.9. The molecule has 0 atom stereocenters. The number of rotatable bonds is 7. The minimum absolute atomic E-state index is 0.0805. The summed E-state index contributed by atoms with van der Waals surface area (Å²) in [6.45, 7) is 0. The van der Waals surface area contributed by atoms with Gasteiger partial charge in [0.25, 0.3) is 0 Å². The Bertz CT molecular complexity index is 2900. The summed E-state index contributed by atoms with van der Waals surface area (Å²) < 4.78 is 45.4. The van der Waals surface area contributed by atoms with Crippen molar-refractivity contribution in [3.05, 3.63) is 281 Å². The molecule has 0 N–H and O–H groups in total. The van der Waals surface area contributed by atoms with Crippen LogP contribution in [0, 0.1) is 0 Å². The average molecular weight is 731 g/mol. The van der Waals surface area contributed by atoms with Gasteiger partial charge >= 0.3 is 0 Å². The van der Waals surface area contributed by atoms with Crippen LogP contribution in [0.25, 0.3) is 22.3 Å². The Morgan fingerprint density at radius 2 is 0.632 bits per heavy atom. The maximum Gasteiger partial charge on any atom is 0.0714 e. The maximum atomic E-state index is 9.46. The third kappa shape index (κ3) is 4.82. The van der Waals surface area contributed by atoms with Crippen LogP contribution in [0.4, 0.5) is 17.1 Å². The van der Waals surface area contributed by atoms with Gasteiger partial charge in [-0.15, -0.1) is 0 Å². The largest absolute Gasteiger partial charge is 0.310 e. The van der Waals surface area contributed by atoms with Gasteiger partial charge in [-0.25, -0.2) is 0 Å². The van der Waals surface area contributed by atoms with Gasteiger partial charge in [0.15, 0.2) is 0 Å². The quantitative estimate of drug-likeness (QED) is 0.158. The lowest BCUT2D eigenvalue weighted by atomic mass is 9.67. The highest BCUT2D eigenvalue weighted by Gasteiger charge is 2.48. The molecule has 2 aliphatic carbocycles. The van der Waals surface area contributed by atoms with Crippen molar-refractivity contribution < 1.29 is 6.85 Å². The van der Waals surface area contributed by atoms with Gasteiger partial charge in [-0.2, -0.15) is 0 Å². The summed E-state index contributed by atoms with van der Waals surface area (Å²) in [5, 5.41) is 0. The molecule has 0 unspecified atom stereocenters. The first kappa shape index (κ1) is 28.2. The SMILES string of the molecule is [2H]c1c([2H])c([2H])c(N(c2ccc3c(c2)C(c2ccccc2)(c2ccccc2)c2ccccc2-3)c2ccc3c(c2)C(c2ccccc2)(c2ccccc2)c2ccccc2-3)c([2H])c1[2H]. The zero-order chi connectivity index (χ0) is 42.2. The molecule has 2 aliphatic rings. The van der Waals surface area contributed by atoms with Crippen LogP contribution in [0.5, 0.6) is 0 Å². The van der Waals surface area contributed by atoms with Crippen LogP contribution >= 0.6 is 0 Å². The molecule has 0 bridgehead atoms. The van der Waals surface area contributed by atoms with Gasteiger partial charge < -0.3 is 4.90 Å². The summed E-state index contributed by atoms with van der Waals surface area (Å²) in [4.78, 5) is 1.88. The summed E-state index contributed by atoms with van der Waals surface area (Å²) in [5.41, 5.74) is 13.2. The van der Waals surface area contributed by atoms with Crippen molar-refractivity contribution in [3.8, 4) is 22.3 Å². The zero-order valence-corrected chi connectivity index (χ0v) is 31.1. The van der Waals surface area contributed by atoms with Crippen molar-refractivity contribution in [1.29, 1.82) is 0 Å². The molecule has 0 aromatic heterocycles. The molecule has 0 radical (unpaired) electrons. The summed E-state index contributed by atoms with van der Waals surface area (Å²) >= 11 is 0. The standard InChI is InChI=1S/C56H39N/c1-6-20-40(21-7-1)55(41-22-8-2-9-23-41)51-32-18-16-30-47(51)49-36-34-45(38-53(49)55)57(44-28-14-5-15-29-44)46-35-37-50-48-31-17-19-33-52(48)56(54(50)39-46,42-24-10-3-11-25-42)43-26-12-4-13-27-43/h1-39H/i5D,14D,15D,28D,29D. The fourth-order valence-electron chi connectivity index (χ4n) is 9.91. The Labute approximate surface area is 341 Å². The molecule has 0 fully saturated rings. The second-order valence-electron chi connectivity index (χ2n) is 14.8. The van der Waals surface area contributed by atoms with Crippen molar-refractivity contribution >= 4 is 17.1 Å². The Balaban J connectivity index is 1.24. The van der Waals surface area contributed by atoms with Crippen LogP contribution in [-0.2, 0) is 10.8 Å². The third-order valence-electron chi connectivity index (χ3n) is 12.1. The molecule has 9 aromatic rings. The summed E-state index contributed by atoms with van der Waals surface area (Å²) in [6.07, 6.45) is 0. The predicted molar refractivity (Wildman–Crippen MR) is 236 cm³/mol. The monoisotopic (exact) mass is 730 g/mol. The molecule has 0 spiro atoms. The number of hydrogen-bond donors (Lipinski definition) is 0. The Kier molecular flexibility index (Phi) is 6.55. The Morgan fingerprint density at radius 3 is 1.02 bits per heavy atom. The summed E-state index contributed by atoms with van der Waals surface area (Å²) in [5.74, 6) is 0. The first-order valence-corrected chi connectivity index (χ1v) is 19.4. The number of para-hydroxylation sites is 1. The molecule has 11 rings (SSSR count). The highest BCUT2D eigenvalue weighted by molar-refractivity contribution is 5.92. The van der Waals surface area contributed by atoms with Gasteiger partial charge in [-0.1, -0.05) is 200 Å². The second-order valence-corrected chi connectivity index (χ2v) is 14.8. The van der Waals surface area contributed by atoms with Gasteiger partial charge in [0.1, 0.15) is 0 Å². The van der Waals surface area contributed by atoms with E-state index in [2.05, 4.69) is 170 Å². The van der Waals surface area contributed by atoms with E-state index in [-0.39, 0.29) is 29.9 Å². The van der Waals surface area contributed by atoms with E-state index in [1.807, 2.05) is 41.3 Å². The number of hydrogen-bond acceptors (Lipinski definition) is 1. The highest BCUT2D eigenvalue weighted by atomic mass is 15.1. The van der Waals surface area contributed by atoms with Crippen LogP contribution in [0.15, 0.2) is 236 Å². The lowest BCUT2D eigenvalue weighted by Crippen LogP contribution is -2.29. The Hall–Kier alpha value is -7.22. The minimum Gasteiger partial charge on any atom is -0.310 e. The number of fused-ring (bicyclic) bond motifs is 6. The molecule has 0 saturated heterocycles. The third-order valence-corrected chi connectivity index (χ3v) is 12.1. The number of anilines is 3. The molecular formula is C56H39N. The second kappa shape index (κ2) is 13.2. The van der Waals surface area contributed by atoms with Gasteiger partial charge in [-0.05, 0) is 103 Å². The van der Waals surface area contributed by atoms with E-state index in [1.54, 1.807) is 0 Å². The van der Waals surface area contributed by atoms with Gasteiger partial charge in [-0.3, -0.25) is 0 Å². The molecule has 0 aliphatic heterocycles. The van der Waals surface area contributed by atoms with Crippen LogP contribution in [-0.4, -0.2) is 0 Å². The van der Waals surface area contributed by atoms with Crippen molar-refractivity contribution in [2.24, 2.45) is 0 Å². The predicted octanol–water partition coefficient (Wildman–Crippen LogP) is 13.9. The lowest BCUT2D eigenvalue weighted by molar-refractivity contribution is 0.767. The van der Waals surface area contributed by atoms with E-state index in [0.717, 1.165) is 66.8 Å². The fourth-order valence-corrected chi connectivity index (χ4v) is 9.91. The van der Waals surface area contributed by atoms with Crippen LogP contribution in [0.3, 0.4) is 0 Å². The highest BCUT2D eigenvalue weighted by Crippen LogP contribution is 2.59. The number of benzene rings is 9. The maximum absolute atomic E-state index is 9.46. The normalized spacial score (nSPS) is 15.1. The van der Waals surface area contributed by atoms with E-state index in [4.69, 9.17) is 4.11 Å². The van der Waals surface area contributed by atoms with Gasteiger partial charge in [0.2, 0.25) is 0 Å². The fraction of sp³-hybridized carbons (Fsp3) is 0.0357. The van der Waals surface area contributed by atoms with Crippen molar-refractivity contribution in [3.63, 3.8) is 0 Å². The molecule has 1 nitrogen and oxygen atoms in total. The molecule has 1 heteroatoms. The zero-order valence-electron chi connectivity index (χ0n) is 36.1. The average Bonchev–Trinajstić information content (AvgIpc) is 3.80. The Morgan fingerprint density at radius 1 is 0.298 bits per heavy atom. The van der Waals surface area contributed by atoms with E-state index in [1.165, 1.54) is 0 Å². The van der Waals surface area contributed by atoms with Gasteiger partial charge in [0.05, 0.1) is 17.7 Å². The summed E-state index contributed by atoms with van der Waals surface area (Å²) in [7, 11) is 0. The van der Waals surface area contributed by atoms with E-state index < -0.39 is 16.9 Å². The molecule has 268 valence electrons. The van der Waals surface area contributed by atoms with Crippen molar-refractivity contribution in [2.75, 3.05) is 4.90 Å². The van der Waals surface area contributed by atoms with Gasteiger partial charge in [0, 0.05) is 17.1 Å². The number of nitrogens with zero attached hydrogens (tertiary/aromatic N) is 1. The van der Waals surface area contributed by atoms with Crippen LogP contribution < -0.4 is 4.90 Å². The van der Waals surface area contributed by atoms with E-state index >= 15 is 0 Å². The molecular weight excluding hydrogens is 687 g/mol.